The van der Waals surface area contributed by atoms with Gasteiger partial charge in [0.25, 0.3) is 0 Å². The van der Waals surface area contributed by atoms with E-state index < -0.39 is 5.97 Å². The van der Waals surface area contributed by atoms with Crippen LogP contribution in [0.3, 0.4) is 0 Å². The lowest BCUT2D eigenvalue weighted by molar-refractivity contribution is -0.136. The molecular weight excluding hydrogens is 238 g/mol. The van der Waals surface area contributed by atoms with Gasteiger partial charge in [-0.05, 0) is 36.4 Å². The van der Waals surface area contributed by atoms with Crippen molar-refractivity contribution < 1.29 is 9.90 Å². The zero-order valence-corrected chi connectivity index (χ0v) is 11.6. The molecule has 0 unspecified atom stereocenters. The molecule has 0 aromatic heterocycles. The highest BCUT2D eigenvalue weighted by Gasteiger charge is 2.20. The van der Waals surface area contributed by atoms with E-state index >= 15 is 0 Å². The van der Waals surface area contributed by atoms with E-state index in [1.807, 2.05) is 18.2 Å². The van der Waals surface area contributed by atoms with Crippen LogP contribution in [-0.2, 0) is 17.8 Å². The second-order valence-electron chi connectivity index (χ2n) is 5.46. The molecule has 1 saturated carbocycles. The third-order valence-corrected chi connectivity index (χ3v) is 4.04. The fourth-order valence-electron chi connectivity index (χ4n) is 2.63. The van der Waals surface area contributed by atoms with Crippen molar-refractivity contribution in [2.75, 3.05) is 13.1 Å². The molecule has 1 aliphatic rings. The number of carboxylic acid groups (broad SMARTS) is 1. The minimum Gasteiger partial charge on any atom is -0.481 e. The molecule has 0 radical (unpaired) electrons. The van der Waals surface area contributed by atoms with Gasteiger partial charge in [-0.25, -0.2) is 0 Å². The first-order chi connectivity index (χ1) is 9.19. The van der Waals surface area contributed by atoms with E-state index in [0.29, 0.717) is 0 Å². The number of hydrogen-bond acceptors (Lipinski definition) is 2. The molecule has 19 heavy (non-hydrogen) atoms. The Morgan fingerprint density at radius 2 is 2.00 bits per heavy atom. The molecule has 1 N–H and O–H groups in total. The van der Waals surface area contributed by atoms with Crippen LogP contribution in [0.15, 0.2) is 24.3 Å². The maximum absolute atomic E-state index is 10.9. The first kappa shape index (κ1) is 14.1. The van der Waals surface area contributed by atoms with Crippen LogP contribution in [0.5, 0.6) is 0 Å². The van der Waals surface area contributed by atoms with Crippen molar-refractivity contribution in [1.29, 1.82) is 0 Å². The number of hydrogen-bond donors (Lipinski definition) is 1. The molecule has 0 atom stereocenters. The lowest BCUT2D eigenvalue weighted by Crippen LogP contribution is -2.32. The normalized spacial score (nSPS) is 15.5. The topological polar surface area (TPSA) is 40.5 Å². The molecule has 0 amide bonds. The van der Waals surface area contributed by atoms with Crippen molar-refractivity contribution in [1.82, 2.24) is 4.90 Å². The van der Waals surface area contributed by atoms with Gasteiger partial charge in [-0.3, -0.25) is 9.69 Å². The Labute approximate surface area is 115 Å². The molecule has 104 valence electrons. The van der Waals surface area contributed by atoms with Crippen molar-refractivity contribution >= 4 is 5.97 Å². The third kappa shape index (κ3) is 4.06. The second kappa shape index (κ2) is 6.71. The van der Waals surface area contributed by atoms with Crippen LogP contribution in [0, 0.1) is 5.92 Å². The average molecular weight is 261 g/mol. The molecule has 0 aliphatic heterocycles. The summed E-state index contributed by atoms with van der Waals surface area (Å²) in [6, 6.07) is 7.91. The molecular formula is C16H23NO2. The van der Waals surface area contributed by atoms with Gasteiger partial charge in [0, 0.05) is 13.1 Å². The van der Waals surface area contributed by atoms with Gasteiger partial charge >= 0.3 is 5.97 Å². The van der Waals surface area contributed by atoms with Gasteiger partial charge in [0.05, 0.1) is 6.42 Å². The van der Waals surface area contributed by atoms with Crippen LogP contribution in [0.25, 0.3) is 0 Å². The van der Waals surface area contributed by atoms with E-state index in [-0.39, 0.29) is 6.42 Å². The first-order valence-electron chi connectivity index (χ1n) is 7.20. The Bertz CT molecular complexity index is 427. The Morgan fingerprint density at radius 3 is 2.53 bits per heavy atom. The second-order valence-corrected chi connectivity index (χ2v) is 5.46. The number of aliphatic carboxylic acids is 1. The smallest absolute Gasteiger partial charge is 0.307 e. The Hall–Kier alpha value is -1.35. The van der Waals surface area contributed by atoms with Crippen molar-refractivity contribution in [3.05, 3.63) is 35.4 Å². The standard InChI is InChI=1S/C16H23NO2/c1-2-17(11-13-6-5-7-13)12-15-9-4-3-8-14(15)10-16(18)19/h3-4,8-9,13H,2,5-7,10-12H2,1H3,(H,18,19). The zero-order chi connectivity index (χ0) is 13.7. The Morgan fingerprint density at radius 1 is 1.32 bits per heavy atom. The van der Waals surface area contributed by atoms with Crippen LogP contribution in [-0.4, -0.2) is 29.1 Å². The number of carboxylic acids is 1. The number of rotatable bonds is 7. The van der Waals surface area contributed by atoms with Crippen LogP contribution in [0.2, 0.25) is 0 Å². The Kier molecular flexibility index (Phi) is 4.97. The van der Waals surface area contributed by atoms with Crippen molar-refractivity contribution in [2.45, 2.75) is 39.2 Å². The van der Waals surface area contributed by atoms with Crippen molar-refractivity contribution in [2.24, 2.45) is 5.92 Å². The van der Waals surface area contributed by atoms with Crippen LogP contribution >= 0.6 is 0 Å². The summed E-state index contributed by atoms with van der Waals surface area (Å²) in [7, 11) is 0. The number of carbonyl (C=O) groups is 1. The summed E-state index contributed by atoms with van der Waals surface area (Å²) >= 11 is 0. The fraction of sp³-hybridized carbons (Fsp3) is 0.562. The van der Waals surface area contributed by atoms with Gasteiger partial charge in [0.2, 0.25) is 0 Å². The van der Waals surface area contributed by atoms with E-state index in [4.69, 9.17) is 5.11 Å². The number of benzene rings is 1. The minimum atomic E-state index is -0.755. The predicted octanol–water partition coefficient (Wildman–Crippen LogP) is 2.94. The summed E-state index contributed by atoms with van der Waals surface area (Å²) in [4.78, 5) is 13.3. The van der Waals surface area contributed by atoms with Gasteiger partial charge in [0.1, 0.15) is 0 Å². The molecule has 0 spiro atoms. The van der Waals surface area contributed by atoms with Crippen LogP contribution < -0.4 is 0 Å². The van der Waals surface area contributed by atoms with Gasteiger partial charge < -0.3 is 5.11 Å². The van der Waals surface area contributed by atoms with Crippen LogP contribution in [0.4, 0.5) is 0 Å². The van der Waals surface area contributed by atoms with Crippen molar-refractivity contribution in [3.8, 4) is 0 Å². The first-order valence-corrected chi connectivity index (χ1v) is 7.20. The maximum atomic E-state index is 10.9. The fourth-order valence-corrected chi connectivity index (χ4v) is 2.63. The monoisotopic (exact) mass is 261 g/mol. The summed E-state index contributed by atoms with van der Waals surface area (Å²) in [5.41, 5.74) is 2.10. The highest BCUT2D eigenvalue weighted by molar-refractivity contribution is 5.70. The van der Waals surface area contributed by atoms with E-state index in [0.717, 1.165) is 36.7 Å². The van der Waals surface area contributed by atoms with E-state index in [2.05, 4.69) is 17.9 Å². The molecule has 0 heterocycles. The van der Waals surface area contributed by atoms with Gasteiger partial charge in [0.15, 0.2) is 0 Å². The molecule has 3 nitrogen and oxygen atoms in total. The molecule has 1 aromatic rings. The Balaban J connectivity index is 2.00. The zero-order valence-electron chi connectivity index (χ0n) is 11.6. The molecule has 1 aliphatic carbocycles. The lowest BCUT2D eigenvalue weighted by atomic mass is 9.85. The quantitative estimate of drug-likeness (QED) is 0.820. The lowest BCUT2D eigenvalue weighted by Gasteiger charge is -2.32. The maximum Gasteiger partial charge on any atom is 0.307 e. The van der Waals surface area contributed by atoms with E-state index in [9.17, 15) is 4.79 Å². The van der Waals surface area contributed by atoms with Crippen molar-refractivity contribution in [3.63, 3.8) is 0 Å². The SMILES string of the molecule is CCN(Cc1ccccc1CC(=O)O)CC1CCC1. The predicted molar refractivity (Wildman–Crippen MR) is 76.1 cm³/mol. The summed E-state index contributed by atoms with van der Waals surface area (Å²) in [6.07, 6.45) is 4.20. The highest BCUT2D eigenvalue weighted by Crippen LogP contribution is 2.27. The molecule has 1 fully saturated rings. The summed E-state index contributed by atoms with van der Waals surface area (Å²) in [5.74, 6) is 0.0982. The highest BCUT2D eigenvalue weighted by atomic mass is 16.4. The van der Waals surface area contributed by atoms with E-state index in [1.165, 1.54) is 19.3 Å². The third-order valence-electron chi connectivity index (χ3n) is 4.04. The minimum absolute atomic E-state index is 0.122. The summed E-state index contributed by atoms with van der Waals surface area (Å²) < 4.78 is 0. The average Bonchev–Trinajstić information content (AvgIpc) is 2.33. The van der Waals surface area contributed by atoms with Gasteiger partial charge in [-0.2, -0.15) is 0 Å². The number of nitrogens with zero attached hydrogens (tertiary/aromatic N) is 1. The summed E-state index contributed by atoms with van der Waals surface area (Å²) in [5, 5.41) is 8.96. The molecule has 0 saturated heterocycles. The molecule has 2 rings (SSSR count). The summed E-state index contributed by atoms with van der Waals surface area (Å²) in [6.45, 7) is 5.23. The molecule has 3 heteroatoms. The molecule has 0 bridgehead atoms. The van der Waals surface area contributed by atoms with Gasteiger partial charge in [-0.1, -0.05) is 37.6 Å². The largest absolute Gasteiger partial charge is 0.481 e. The van der Waals surface area contributed by atoms with E-state index in [1.54, 1.807) is 0 Å². The van der Waals surface area contributed by atoms with Crippen LogP contribution in [0.1, 0.15) is 37.3 Å². The molecule has 1 aromatic carbocycles. The van der Waals surface area contributed by atoms with Gasteiger partial charge in [-0.15, -0.1) is 0 Å².